The zero-order valence-corrected chi connectivity index (χ0v) is 15.5. The monoisotopic (exact) mass is 337 g/mol. The molecule has 0 aliphatic carbocycles. The lowest BCUT2D eigenvalue weighted by Gasteiger charge is -2.37. The molecule has 132 valence electrons. The van der Waals surface area contributed by atoms with Gasteiger partial charge in [-0.25, -0.2) is 0 Å². The number of aromatic nitrogens is 1. The number of pyridine rings is 1. The molecule has 0 unspecified atom stereocenters. The first-order chi connectivity index (χ1) is 12.1. The molecule has 1 aromatic heterocycles. The number of carbonyl (C=O) groups excluding carboxylic acids is 1. The third kappa shape index (κ3) is 4.01. The molecule has 0 radical (unpaired) electrons. The van der Waals surface area contributed by atoms with Crippen molar-refractivity contribution in [2.24, 2.45) is 0 Å². The number of anilines is 1. The lowest BCUT2D eigenvalue weighted by molar-refractivity contribution is 0.0746. The molecule has 1 aromatic carbocycles. The summed E-state index contributed by atoms with van der Waals surface area (Å²) in [7, 11) is 0. The van der Waals surface area contributed by atoms with Crippen LogP contribution < -0.4 is 4.90 Å². The highest BCUT2D eigenvalue weighted by Crippen LogP contribution is 2.23. The van der Waals surface area contributed by atoms with E-state index in [0.717, 1.165) is 38.3 Å². The van der Waals surface area contributed by atoms with Crippen LogP contribution in [0.5, 0.6) is 0 Å². The molecule has 1 amide bonds. The first kappa shape index (κ1) is 17.5. The maximum Gasteiger partial charge on any atom is 0.255 e. The van der Waals surface area contributed by atoms with Crippen molar-refractivity contribution in [2.75, 3.05) is 31.1 Å². The molecule has 25 heavy (non-hydrogen) atoms. The number of hydrogen-bond acceptors (Lipinski definition) is 3. The smallest absolute Gasteiger partial charge is 0.255 e. The number of piperazine rings is 1. The Balaban J connectivity index is 1.63. The largest absolute Gasteiger partial charge is 0.368 e. The highest BCUT2D eigenvalue weighted by molar-refractivity contribution is 5.94. The normalized spacial score (nSPS) is 14.7. The predicted octanol–water partition coefficient (Wildman–Crippen LogP) is 3.61. The lowest BCUT2D eigenvalue weighted by atomic mass is 10.0. The SMILES string of the molecule is CCCc1ccc(N2CCN(C(=O)c3ccc(C)nc3)CC2)c(C)c1. The second kappa shape index (κ2) is 7.68. The Morgan fingerprint density at radius 2 is 1.84 bits per heavy atom. The summed E-state index contributed by atoms with van der Waals surface area (Å²) in [4.78, 5) is 21.2. The van der Waals surface area contributed by atoms with Crippen molar-refractivity contribution in [1.82, 2.24) is 9.88 Å². The molecular formula is C21H27N3O. The molecule has 1 fully saturated rings. The fourth-order valence-corrected chi connectivity index (χ4v) is 3.44. The number of nitrogens with zero attached hydrogens (tertiary/aromatic N) is 3. The van der Waals surface area contributed by atoms with Crippen LogP contribution in [0.3, 0.4) is 0 Å². The van der Waals surface area contributed by atoms with E-state index in [0.29, 0.717) is 5.56 Å². The highest BCUT2D eigenvalue weighted by Gasteiger charge is 2.23. The van der Waals surface area contributed by atoms with Crippen molar-refractivity contribution < 1.29 is 4.79 Å². The van der Waals surface area contributed by atoms with E-state index in [1.54, 1.807) is 6.20 Å². The van der Waals surface area contributed by atoms with Gasteiger partial charge in [-0.2, -0.15) is 0 Å². The van der Waals surface area contributed by atoms with Gasteiger partial charge in [-0.3, -0.25) is 9.78 Å². The summed E-state index contributed by atoms with van der Waals surface area (Å²) < 4.78 is 0. The lowest BCUT2D eigenvalue weighted by Crippen LogP contribution is -2.49. The Bertz CT molecular complexity index is 731. The first-order valence-electron chi connectivity index (χ1n) is 9.15. The molecule has 4 heteroatoms. The molecule has 2 aromatic rings. The fraction of sp³-hybridized carbons (Fsp3) is 0.429. The van der Waals surface area contributed by atoms with Crippen molar-refractivity contribution >= 4 is 11.6 Å². The van der Waals surface area contributed by atoms with Gasteiger partial charge in [-0.05, 0) is 49.6 Å². The van der Waals surface area contributed by atoms with Crippen LogP contribution in [-0.4, -0.2) is 42.0 Å². The molecular weight excluding hydrogens is 310 g/mol. The number of rotatable bonds is 4. The summed E-state index contributed by atoms with van der Waals surface area (Å²) in [6.45, 7) is 9.58. The number of hydrogen-bond donors (Lipinski definition) is 0. The first-order valence-corrected chi connectivity index (χ1v) is 9.15. The van der Waals surface area contributed by atoms with Gasteiger partial charge in [0.15, 0.2) is 0 Å². The van der Waals surface area contributed by atoms with E-state index < -0.39 is 0 Å². The van der Waals surface area contributed by atoms with E-state index in [4.69, 9.17) is 0 Å². The zero-order valence-electron chi connectivity index (χ0n) is 15.5. The summed E-state index contributed by atoms with van der Waals surface area (Å²) in [5.41, 5.74) is 5.64. The predicted molar refractivity (Wildman–Crippen MR) is 102 cm³/mol. The third-order valence-electron chi connectivity index (χ3n) is 4.87. The van der Waals surface area contributed by atoms with Gasteiger partial charge in [-0.1, -0.05) is 25.5 Å². The Kier molecular flexibility index (Phi) is 5.37. The van der Waals surface area contributed by atoms with Gasteiger partial charge in [0.1, 0.15) is 0 Å². The Hall–Kier alpha value is -2.36. The summed E-state index contributed by atoms with van der Waals surface area (Å²) in [5.74, 6) is 0.0853. The minimum atomic E-state index is 0.0853. The van der Waals surface area contributed by atoms with Crippen molar-refractivity contribution in [3.05, 3.63) is 58.9 Å². The molecule has 4 nitrogen and oxygen atoms in total. The summed E-state index contributed by atoms with van der Waals surface area (Å²) in [6, 6.07) is 10.5. The van der Waals surface area contributed by atoms with E-state index in [1.165, 1.54) is 23.2 Å². The van der Waals surface area contributed by atoms with Crippen LogP contribution in [0.1, 0.15) is 40.5 Å². The van der Waals surface area contributed by atoms with Gasteiger partial charge in [0.05, 0.1) is 5.56 Å². The van der Waals surface area contributed by atoms with Crippen LogP contribution in [0, 0.1) is 13.8 Å². The van der Waals surface area contributed by atoms with Crippen molar-refractivity contribution in [3.8, 4) is 0 Å². The highest BCUT2D eigenvalue weighted by atomic mass is 16.2. The average molecular weight is 337 g/mol. The second-order valence-corrected chi connectivity index (χ2v) is 6.84. The van der Waals surface area contributed by atoms with Crippen LogP contribution >= 0.6 is 0 Å². The van der Waals surface area contributed by atoms with E-state index in [2.05, 4.69) is 41.9 Å². The molecule has 0 atom stereocenters. The van der Waals surface area contributed by atoms with Crippen LogP contribution in [0.15, 0.2) is 36.5 Å². The molecule has 0 saturated carbocycles. The summed E-state index contributed by atoms with van der Waals surface area (Å²) >= 11 is 0. The maximum atomic E-state index is 12.6. The van der Waals surface area contributed by atoms with Gasteiger partial charge in [-0.15, -0.1) is 0 Å². The molecule has 0 N–H and O–H groups in total. The number of benzene rings is 1. The molecule has 1 aliphatic rings. The fourth-order valence-electron chi connectivity index (χ4n) is 3.44. The van der Waals surface area contributed by atoms with Crippen LogP contribution in [0.25, 0.3) is 0 Å². The number of aryl methyl sites for hydroxylation is 3. The molecule has 1 aliphatic heterocycles. The summed E-state index contributed by atoms with van der Waals surface area (Å²) in [6.07, 6.45) is 3.99. The second-order valence-electron chi connectivity index (χ2n) is 6.84. The quantitative estimate of drug-likeness (QED) is 0.855. The van der Waals surface area contributed by atoms with Crippen LogP contribution in [0.4, 0.5) is 5.69 Å². The number of amides is 1. The van der Waals surface area contributed by atoms with Crippen LogP contribution in [0.2, 0.25) is 0 Å². The van der Waals surface area contributed by atoms with Gasteiger partial charge >= 0.3 is 0 Å². The number of carbonyl (C=O) groups is 1. The summed E-state index contributed by atoms with van der Waals surface area (Å²) in [5, 5.41) is 0. The van der Waals surface area contributed by atoms with E-state index in [1.807, 2.05) is 24.0 Å². The molecule has 3 rings (SSSR count). The van der Waals surface area contributed by atoms with Crippen molar-refractivity contribution in [3.63, 3.8) is 0 Å². The van der Waals surface area contributed by atoms with Gasteiger partial charge in [0.2, 0.25) is 0 Å². The maximum absolute atomic E-state index is 12.6. The van der Waals surface area contributed by atoms with Gasteiger partial charge in [0.25, 0.3) is 5.91 Å². The Morgan fingerprint density at radius 1 is 1.08 bits per heavy atom. The van der Waals surface area contributed by atoms with Gasteiger partial charge < -0.3 is 9.80 Å². The molecule has 1 saturated heterocycles. The van der Waals surface area contributed by atoms with Crippen LogP contribution in [-0.2, 0) is 6.42 Å². The van der Waals surface area contributed by atoms with E-state index in [-0.39, 0.29) is 5.91 Å². The average Bonchev–Trinajstić information content (AvgIpc) is 2.62. The van der Waals surface area contributed by atoms with Crippen molar-refractivity contribution in [1.29, 1.82) is 0 Å². The zero-order chi connectivity index (χ0) is 17.8. The minimum Gasteiger partial charge on any atom is -0.368 e. The Labute approximate surface area is 150 Å². The van der Waals surface area contributed by atoms with E-state index in [9.17, 15) is 4.79 Å². The van der Waals surface area contributed by atoms with Crippen molar-refractivity contribution in [2.45, 2.75) is 33.6 Å². The topological polar surface area (TPSA) is 36.4 Å². The standard InChI is InChI=1S/C21H27N3O/c1-4-5-18-7-9-20(16(2)14-18)23-10-12-24(13-11-23)21(25)19-8-6-17(3)22-15-19/h6-9,14-15H,4-5,10-13H2,1-3H3. The molecule has 0 bridgehead atoms. The Morgan fingerprint density at radius 3 is 2.44 bits per heavy atom. The molecule has 2 heterocycles. The third-order valence-corrected chi connectivity index (χ3v) is 4.87. The van der Waals surface area contributed by atoms with E-state index >= 15 is 0 Å². The molecule has 0 spiro atoms. The minimum absolute atomic E-state index is 0.0853. The van der Waals surface area contributed by atoms with Gasteiger partial charge in [0, 0.05) is 43.8 Å².